The van der Waals surface area contributed by atoms with Gasteiger partial charge in [-0.05, 0) is 60.7 Å². The fourth-order valence-electron chi connectivity index (χ4n) is 4.00. The SMILES string of the molecule is COc1ccc(-n2nc(-c3nnc(Nc4ccccc4)s3)c3csc(NC(=S)Nc4ccccc4)c3c2=O)cc1. The van der Waals surface area contributed by atoms with E-state index < -0.39 is 0 Å². The molecule has 0 aliphatic rings. The van der Waals surface area contributed by atoms with Gasteiger partial charge in [-0.3, -0.25) is 4.79 Å². The Morgan fingerprint density at radius 3 is 2.30 bits per heavy atom. The van der Waals surface area contributed by atoms with Crippen molar-refractivity contribution in [2.45, 2.75) is 0 Å². The molecule has 0 bridgehead atoms. The summed E-state index contributed by atoms with van der Waals surface area (Å²) in [7, 11) is 1.59. The van der Waals surface area contributed by atoms with Gasteiger partial charge in [0.1, 0.15) is 16.4 Å². The van der Waals surface area contributed by atoms with Crippen LogP contribution in [0, 0.1) is 0 Å². The smallest absolute Gasteiger partial charge is 0.282 e. The quantitative estimate of drug-likeness (QED) is 0.181. The van der Waals surface area contributed by atoms with Crippen LogP contribution in [0.25, 0.3) is 27.2 Å². The van der Waals surface area contributed by atoms with Crippen molar-refractivity contribution >= 4 is 72.3 Å². The van der Waals surface area contributed by atoms with Crippen LogP contribution < -0.4 is 26.2 Å². The minimum absolute atomic E-state index is 0.290. The number of aromatic nitrogens is 4. The van der Waals surface area contributed by atoms with Gasteiger partial charge in [0.2, 0.25) is 5.13 Å². The van der Waals surface area contributed by atoms with E-state index in [4.69, 9.17) is 22.1 Å². The fraction of sp³-hybridized carbons (Fsp3) is 0.0357. The van der Waals surface area contributed by atoms with E-state index in [0.29, 0.717) is 48.2 Å². The van der Waals surface area contributed by atoms with Crippen LogP contribution in [0.15, 0.2) is 95.1 Å². The third-order valence-corrected chi connectivity index (χ3v) is 7.83. The molecule has 40 heavy (non-hydrogen) atoms. The molecule has 0 unspecified atom stereocenters. The largest absolute Gasteiger partial charge is 0.497 e. The molecule has 0 aliphatic heterocycles. The lowest BCUT2D eigenvalue weighted by atomic mass is 10.2. The van der Waals surface area contributed by atoms with E-state index in [2.05, 4.69) is 26.1 Å². The second kappa shape index (κ2) is 11.2. The molecule has 0 atom stereocenters. The van der Waals surface area contributed by atoms with Gasteiger partial charge in [0, 0.05) is 22.1 Å². The highest BCUT2D eigenvalue weighted by Gasteiger charge is 2.21. The van der Waals surface area contributed by atoms with Gasteiger partial charge in [-0.25, -0.2) is 0 Å². The van der Waals surface area contributed by atoms with Crippen LogP contribution in [-0.4, -0.2) is 32.2 Å². The number of nitrogens with zero attached hydrogens (tertiary/aromatic N) is 4. The van der Waals surface area contributed by atoms with Gasteiger partial charge >= 0.3 is 0 Å². The molecule has 0 radical (unpaired) electrons. The molecule has 12 heteroatoms. The van der Waals surface area contributed by atoms with Crippen molar-refractivity contribution in [2.75, 3.05) is 23.1 Å². The first-order chi connectivity index (χ1) is 19.6. The molecule has 0 spiro atoms. The van der Waals surface area contributed by atoms with Gasteiger partial charge in [0.15, 0.2) is 10.1 Å². The lowest BCUT2D eigenvalue weighted by Gasteiger charge is -2.11. The summed E-state index contributed by atoms with van der Waals surface area (Å²) in [6.45, 7) is 0. The van der Waals surface area contributed by atoms with E-state index in [1.807, 2.05) is 66.0 Å². The first-order valence-corrected chi connectivity index (χ1v) is 14.2. The van der Waals surface area contributed by atoms with Gasteiger partial charge in [-0.2, -0.15) is 9.78 Å². The Bertz CT molecular complexity index is 1850. The van der Waals surface area contributed by atoms with E-state index in [9.17, 15) is 4.79 Å². The molecule has 3 aromatic heterocycles. The number of hydrogen-bond acceptors (Lipinski definition) is 9. The van der Waals surface area contributed by atoms with Crippen LogP contribution in [0.3, 0.4) is 0 Å². The van der Waals surface area contributed by atoms with Crippen molar-refractivity contribution in [3.63, 3.8) is 0 Å². The predicted octanol–water partition coefficient (Wildman–Crippen LogP) is 6.53. The molecule has 0 fully saturated rings. The Morgan fingerprint density at radius 1 is 0.900 bits per heavy atom. The monoisotopic (exact) mass is 583 g/mol. The summed E-state index contributed by atoms with van der Waals surface area (Å²) in [5, 5.41) is 28.2. The van der Waals surface area contributed by atoms with Crippen molar-refractivity contribution in [3.8, 4) is 22.1 Å². The maximum Gasteiger partial charge on any atom is 0.282 e. The zero-order valence-electron chi connectivity index (χ0n) is 21.0. The van der Waals surface area contributed by atoms with E-state index in [1.54, 1.807) is 31.4 Å². The maximum atomic E-state index is 13.9. The molecule has 198 valence electrons. The second-order valence-corrected chi connectivity index (χ2v) is 10.7. The fourth-order valence-corrected chi connectivity index (χ4v) is 5.99. The zero-order chi connectivity index (χ0) is 27.5. The Balaban J connectivity index is 1.43. The molecule has 0 amide bonds. The molecular formula is C28H21N7O2S3. The molecule has 0 saturated heterocycles. The van der Waals surface area contributed by atoms with Crippen LogP contribution in [0.4, 0.5) is 21.5 Å². The van der Waals surface area contributed by atoms with E-state index in [0.717, 1.165) is 11.4 Å². The van der Waals surface area contributed by atoms with E-state index in [-0.39, 0.29) is 5.56 Å². The summed E-state index contributed by atoms with van der Waals surface area (Å²) >= 11 is 8.28. The summed E-state index contributed by atoms with van der Waals surface area (Å²) in [4.78, 5) is 13.9. The summed E-state index contributed by atoms with van der Waals surface area (Å²) < 4.78 is 6.66. The molecule has 3 aromatic carbocycles. The van der Waals surface area contributed by atoms with Gasteiger partial charge < -0.3 is 20.7 Å². The number of anilines is 4. The standard InChI is InChI=1S/C28H21N7O2S3/c1-37-20-14-12-19(13-15-20)35-26(36)22-21(16-39-24(22)31-27(38)29-17-8-4-2-5-9-17)23(34-35)25-32-33-28(40-25)30-18-10-6-3-7-11-18/h2-16H,1H3,(H,30,33)(H2,29,31,38). The van der Waals surface area contributed by atoms with Gasteiger partial charge in [-0.1, -0.05) is 47.7 Å². The number of fused-ring (bicyclic) bond motifs is 1. The molecule has 6 aromatic rings. The molecule has 0 saturated carbocycles. The first-order valence-electron chi connectivity index (χ1n) is 12.1. The summed E-state index contributed by atoms with van der Waals surface area (Å²) in [6, 6.07) is 26.5. The van der Waals surface area contributed by atoms with E-state index in [1.165, 1.54) is 27.4 Å². The third-order valence-electron chi connectivity index (χ3n) is 5.88. The Kier molecular flexibility index (Phi) is 7.19. The number of hydrogen-bond donors (Lipinski definition) is 3. The number of thiocarbonyl (C=S) groups is 1. The average Bonchev–Trinajstić information content (AvgIpc) is 3.62. The van der Waals surface area contributed by atoms with Crippen LogP contribution in [0.5, 0.6) is 5.75 Å². The number of thiophene rings is 1. The summed E-state index contributed by atoms with van der Waals surface area (Å²) in [6.07, 6.45) is 0. The Hall–Kier alpha value is -4.65. The van der Waals surface area contributed by atoms with Crippen LogP contribution in [0.2, 0.25) is 0 Å². The van der Waals surface area contributed by atoms with Crippen LogP contribution in [-0.2, 0) is 0 Å². The topological polar surface area (TPSA) is 106 Å². The summed E-state index contributed by atoms with van der Waals surface area (Å²) in [5.74, 6) is 0.675. The maximum absolute atomic E-state index is 13.9. The molecule has 3 N–H and O–H groups in total. The van der Waals surface area contributed by atoms with E-state index >= 15 is 0 Å². The Labute approximate surface area is 242 Å². The van der Waals surface area contributed by atoms with Crippen molar-refractivity contribution in [3.05, 3.63) is 101 Å². The number of nitrogens with one attached hydrogen (secondary N) is 3. The average molecular weight is 584 g/mol. The zero-order valence-corrected chi connectivity index (χ0v) is 23.4. The van der Waals surface area contributed by atoms with Crippen LogP contribution in [0.1, 0.15) is 0 Å². The Morgan fingerprint density at radius 2 is 1.60 bits per heavy atom. The number of ether oxygens (including phenoxy) is 1. The summed E-state index contributed by atoms with van der Waals surface area (Å²) in [5.41, 5.74) is 2.57. The molecule has 0 aliphatic carbocycles. The highest BCUT2D eigenvalue weighted by atomic mass is 32.1. The molecule has 3 heterocycles. The molecular weight excluding hydrogens is 563 g/mol. The first kappa shape index (κ1) is 25.6. The minimum Gasteiger partial charge on any atom is -0.497 e. The number of methoxy groups -OCH3 is 1. The molecule has 9 nitrogen and oxygen atoms in total. The van der Waals surface area contributed by atoms with Gasteiger partial charge in [-0.15, -0.1) is 21.5 Å². The van der Waals surface area contributed by atoms with Crippen molar-refractivity contribution in [2.24, 2.45) is 0 Å². The van der Waals surface area contributed by atoms with Crippen molar-refractivity contribution < 1.29 is 4.74 Å². The molecule has 6 rings (SSSR count). The highest BCUT2D eigenvalue weighted by Crippen LogP contribution is 2.37. The number of para-hydroxylation sites is 2. The van der Waals surface area contributed by atoms with Gasteiger partial charge in [0.25, 0.3) is 5.56 Å². The number of rotatable bonds is 7. The number of benzene rings is 3. The van der Waals surface area contributed by atoms with Crippen LogP contribution >= 0.6 is 34.9 Å². The van der Waals surface area contributed by atoms with Crippen molar-refractivity contribution in [1.82, 2.24) is 20.0 Å². The third kappa shape index (κ3) is 5.27. The second-order valence-electron chi connectivity index (χ2n) is 8.47. The lowest BCUT2D eigenvalue weighted by Crippen LogP contribution is -2.24. The lowest BCUT2D eigenvalue weighted by molar-refractivity contribution is 0.414. The van der Waals surface area contributed by atoms with Crippen molar-refractivity contribution in [1.29, 1.82) is 0 Å². The highest BCUT2D eigenvalue weighted by molar-refractivity contribution is 7.80. The predicted molar refractivity (Wildman–Crippen MR) is 167 cm³/mol. The van der Waals surface area contributed by atoms with Gasteiger partial charge in [0.05, 0.1) is 18.2 Å². The minimum atomic E-state index is -0.290. The normalized spacial score (nSPS) is 10.8.